The molecule has 1 aliphatic heterocycles. The maximum Gasteiger partial charge on any atom is 0.307 e. The van der Waals surface area contributed by atoms with Crippen LogP contribution in [0.15, 0.2) is 47.4 Å². The van der Waals surface area contributed by atoms with Gasteiger partial charge in [0.05, 0.1) is 16.3 Å². The van der Waals surface area contributed by atoms with Crippen molar-refractivity contribution in [2.75, 3.05) is 24.6 Å². The molecule has 1 atom stereocenters. The van der Waals surface area contributed by atoms with Crippen LogP contribution in [0.25, 0.3) is 10.6 Å². The minimum Gasteiger partial charge on any atom is -0.313 e. The predicted octanol–water partition coefficient (Wildman–Crippen LogP) is 2.74. The van der Waals surface area contributed by atoms with E-state index in [9.17, 15) is 4.79 Å². The number of hydrogen-bond donors (Lipinski definition) is 1. The van der Waals surface area contributed by atoms with Crippen LogP contribution in [-0.2, 0) is 7.05 Å². The number of anilines is 2. The Morgan fingerprint density at radius 2 is 2.07 bits per heavy atom. The number of benzene rings is 1. The van der Waals surface area contributed by atoms with Crippen LogP contribution in [0.2, 0.25) is 0 Å². The number of halogens is 1. The van der Waals surface area contributed by atoms with Crippen molar-refractivity contribution in [2.24, 2.45) is 7.05 Å². The van der Waals surface area contributed by atoms with E-state index in [1.165, 1.54) is 11.3 Å². The highest BCUT2D eigenvalue weighted by atomic mass is 35.5. The molecule has 0 amide bonds. The molecule has 3 aromatic rings. The Morgan fingerprint density at radius 1 is 1.29 bits per heavy atom. The summed E-state index contributed by atoms with van der Waals surface area (Å²) in [6.07, 6.45) is 1.72. The zero-order valence-corrected chi connectivity index (χ0v) is 17.2. The van der Waals surface area contributed by atoms with Gasteiger partial charge in [-0.3, -0.25) is 4.79 Å². The topological polar surface area (TPSA) is 66.3 Å². The van der Waals surface area contributed by atoms with Crippen LogP contribution >= 0.6 is 22.9 Å². The van der Waals surface area contributed by atoms with E-state index < -0.39 is 0 Å². The standard InChI is InChI=1S/C19H21ClN6OS/c1-13-17(28-19(27)24(13)2)15-8-9-22-18(23-15)26(14-6-4-3-5-7-14)25-11-10-21-12-16(25)20/h3-9,16,21H,10-12H2,1-2H3. The molecule has 7 nitrogen and oxygen atoms in total. The third-order valence-electron chi connectivity index (χ3n) is 4.77. The van der Waals surface area contributed by atoms with Gasteiger partial charge in [-0.1, -0.05) is 29.5 Å². The first kappa shape index (κ1) is 19.1. The number of hydrogen-bond acceptors (Lipinski definition) is 7. The van der Waals surface area contributed by atoms with Crippen molar-refractivity contribution in [1.82, 2.24) is 24.9 Å². The molecule has 1 fully saturated rings. The molecule has 4 rings (SSSR count). The smallest absolute Gasteiger partial charge is 0.307 e. The lowest BCUT2D eigenvalue weighted by Crippen LogP contribution is -2.55. The Kier molecular flexibility index (Phi) is 5.45. The fraction of sp³-hybridized carbons (Fsp3) is 0.316. The Hall–Kier alpha value is -2.26. The van der Waals surface area contributed by atoms with Gasteiger partial charge in [0.2, 0.25) is 5.95 Å². The number of alkyl halides is 1. The molecule has 1 aromatic carbocycles. The maximum atomic E-state index is 12.1. The van der Waals surface area contributed by atoms with Crippen LogP contribution < -0.4 is 15.2 Å². The molecule has 0 bridgehead atoms. The van der Waals surface area contributed by atoms with E-state index in [1.807, 2.05) is 48.3 Å². The SMILES string of the molecule is Cc1c(-c2ccnc(N(c3ccccc3)N3CCNCC3Cl)n2)sc(=O)n1C. The molecule has 1 saturated heterocycles. The molecule has 2 aromatic heterocycles. The van der Waals surface area contributed by atoms with E-state index in [4.69, 9.17) is 16.6 Å². The van der Waals surface area contributed by atoms with Crippen molar-refractivity contribution in [1.29, 1.82) is 0 Å². The molecule has 0 spiro atoms. The second-order valence-electron chi connectivity index (χ2n) is 6.53. The minimum absolute atomic E-state index is 0.00416. The van der Waals surface area contributed by atoms with Crippen molar-refractivity contribution in [3.63, 3.8) is 0 Å². The van der Waals surface area contributed by atoms with E-state index in [-0.39, 0.29) is 10.4 Å². The van der Waals surface area contributed by atoms with Crippen molar-refractivity contribution < 1.29 is 0 Å². The number of piperazine rings is 1. The number of rotatable bonds is 4. The number of thiazole rings is 1. The van der Waals surface area contributed by atoms with E-state index in [1.54, 1.807) is 17.8 Å². The largest absolute Gasteiger partial charge is 0.313 e. The summed E-state index contributed by atoms with van der Waals surface area (Å²) >= 11 is 7.80. The van der Waals surface area contributed by atoms with Crippen LogP contribution in [0.1, 0.15) is 5.69 Å². The number of hydrazine groups is 1. The van der Waals surface area contributed by atoms with Gasteiger partial charge in [-0.15, -0.1) is 11.6 Å². The lowest BCUT2D eigenvalue weighted by molar-refractivity contribution is 0.213. The molecule has 1 unspecified atom stereocenters. The van der Waals surface area contributed by atoms with Gasteiger partial charge in [0.25, 0.3) is 0 Å². The van der Waals surface area contributed by atoms with Crippen LogP contribution in [-0.4, -0.2) is 44.7 Å². The first-order valence-corrected chi connectivity index (χ1v) is 10.3. The summed E-state index contributed by atoms with van der Waals surface area (Å²) in [4.78, 5) is 22.2. The van der Waals surface area contributed by atoms with E-state index in [0.29, 0.717) is 12.5 Å². The van der Waals surface area contributed by atoms with Gasteiger partial charge >= 0.3 is 4.87 Å². The summed E-state index contributed by atoms with van der Waals surface area (Å²) in [5.74, 6) is 0.527. The second-order valence-corrected chi connectivity index (χ2v) is 8.00. The zero-order valence-electron chi connectivity index (χ0n) is 15.7. The summed E-state index contributed by atoms with van der Waals surface area (Å²) in [7, 11) is 1.77. The molecule has 3 heterocycles. The quantitative estimate of drug-likeness (QED) is 0.521. The third-order valence-corrected chi connectivity index (χ3v) is 6.31. The summed E-state index contributed by atoms with van der Waals surface area (Å²) in [5.41, 5.74) is 2.33. The normalized spacial score (nSPS) is 17.6. The van der Waals surface area contributed by atoms with Crippen molar-refractivity contribution >= 4 is 34.6 Å². The van der Waals surface area contributed by atoms with Crippen LogP contribution in [0.3, 0.4) is 0 Å². The maximum absolute atomic E-state index is 12.1. The monoisotopic (exact) mass is 416 g/mol. The van der Waals surface area contributed by atoms with Crippen LogP contribution in [0.4, 0.5) is 11.6 Å². The van der Waals surface area contributed by atoms with E-state index in [2.05, 4.69) is 15.3 Å². The third kappa shape index (κ3) is 3.56. The van der Waals surface area contributed by atoms with Gasteiger partial charge < -0.3 is 9.88 Å². The molecule has 28 heavy (non-hydrogen) atoms. The fourth-order valence-corrected chi connectivity index (χ4v) is 4.41. The Balaban J connectivity index is 1.81. The van der Waals surface area contributed by atoms with E-state index >= 15 is 0 Å². The van der Waals surface area contributed by atoms with Crippen LogP contribution in [0, 0.1) is 6.92 Å². The molecular weight excluding hydrogens is 396 g/mol. The summed E-state index contributed by atoms with van der Waals surface area (Å²) < 4.78 is 1.64. The number of nitrogens with zero attached hydrogens (tertiary/aromatic N) is 5. The van der Waals surface area contributed by atoms with Gasteiger partial charge in [-0.05, 0) is 25.1 Å². The fourth-order valence-electron chi connectivity index (χ4n) is 3.17. The Morgan fingerprint density at radius 3 is 2.75 bits per heavy atom. The predicted molar refractivity (Wildman–Crippen MR) is 113 cm³/mol. The van der Waals surface area contributed by atoms with Gasteiger partial charge in [0.15, 0.2) is 0 Å². The molecule has 1 N–H and O–H groups in total. The molecule has 0 saturated carbocycles. The van der Waals surface area contributed by atoms with Gasteiger partial charge in [-0.25, -0.2) is 15.0 Å². The minimum atomic E-state index is -0.226. The van der Waals surface area contributed by atoms with Gasteiger partial charge in [-0.2, -0.15) is 5.01 Å². The first-order chi connectivity index (χ1) is 13.6. The van der Waals surface area contributed by atoms with Crippen molar-refractivity contribution in [3.8, 4) is 10.6 Å². The lowest BCUT2D eigenvalue weighted by Gasteiger charge is -2.40. The highest BCUT2D eigenvalue weighted by Gasteiger charge is 2.29. The average Bonchev–Trinajstić information content (AvgIpc) is 2.98. The highest BCUT2D eigenvalue weighted by molar-refractivity contribution is 7.13. The molecule has 9 heteroatoms. The second kappa shape index (κ2) is 8.00. The lowest BCUT2D eigenvalue weighted by atomic mass is 10.3. The Bertz CT molecular complexity index is 1020. The van der Waals surface area contributed by atoms with Crippen molar-refractivity contribution in [3.05, 3.63) is 58.0 Å². The summed E-state index contributed by atoms with van der Waals surface area (Å²) in [6.45, 7) is 4.15. The molecular formula is C19H21ClN6OS. The summed E-state index contributed by atoms with van der Waals surface area (Å²) in [5, 5.41) is 7.32. The Labute approximate surface area is 172 Å². The molecule has 146 valence electrons. The highest BCUT2D eigenvalue weighted by Crippen LogP contribution is 2.30. The number of para-hydroxylation sites is 1. The molecule has 0 aliphatic carbocycles. The summed E-state index contributed by atoms with van der Waals surface area (Å²) in [6, 6.07) is 11.8. The number of aromatic nitrogens is 3. The number of nitrogens with one attached hydrogen (secondary N) is 1. The zero-order chi connectivity index (χ0) is 19.7. The van der Waals surface area contributed by atoms with Crippen molar-refractivity contribution in [2.45, 2.75) is 12.4 Å². The van der Waals surface area contributed by atoms with Gasteiger partial charge in [0, 0.05) is 38.6 Å². The van der Waals surface area contributed by atoms with Gasteiger partial charge in [0.1, 0.15) is 5.50 Å². The first-order valence-electron chi connectivity index (χ1n) is 9.02. The van der Waals surface area contributed by atoms with Crippen LogP contribution in [0.5, 0.6) is 0 Å². The molecule has 0 radical (unpaired) electrons. The van der Waals surface area contributed by atoms with E-state index in [0.717, 1.165) is 35.0 Å². The average molecular weight is 417 g/mol. The molecule has 1 aliphatic rings.